The zero-order valence-corrected chi connectivity index (χ0v) is 13.7. The van der Waals surface area contributed by atoms with E-state index in [1.165, 1.54) is 0 Å². The number of nitrogens with one attached hydrogen (secondary N) is 2. The number of carbonyl (C=O) groups is 1. The second-order valence-corrected chi connectivity index (χ2v) is 5.63. The number of pyridine rings is 1. The zero-order chi connectivity index (χ0) is 15.2. The van der Waals surface area contributed by atoms with Crippen LogP contribution in [-0.2, 0) is 0 Å². The lowest BCUT2D eigenvalue weighted by atomic mass is 10.2. The predicted octanol–water partition coefficient (Wildman–Crippen LogP) is 4.23. The second-order valence-electron chi connectivity index (χ2n) is 4.77. The molecule has 5 heteroatoms. The molecule has 1 aromatic heterocycles. The van der Waals surface area contributed by atoms with Crippen LogP contribution in [0.15, 0.2) is 40.9 Å². The molecule has 0 radical (unpaired) electrons. The number of aromatic nitrogens is 1. The molecule has 0 spiro atoms. The van der Waals surface area contributed by atoms with Crippen molar-refractivity contribution in [3.05, 3.63) is 52.1 Å². The van der Waals surface area contributed by atoms with Crippen LogP contribution in [0.3, 0.4) is 0 Å². The minimum Gasteiger partial charge on any atom is -0.370 e. The number of rotatable bonds is 5. The van der Waals surface area contributed by atoms with Gasteiger partial charge >= 0.3 is 0 Å². The van der Waals surface area contributed by atoms with Crippen LogP contribution >= 0.6 is 15.9 Å². The molecular formula is C16H18BrN3O. The average molecular weight is 348 g/mol. The number of anilines is 2. The number of nitrogens with zero attached hydrogens (tertiary/aromatic N) is 1. The minimum atomic E-state index is -0.222. The molecule has 1 heterocycles. The summed E-state index contributed by atoms with van der Waals surface area (Å²) in [5, 5.41) is 6.03. The largest absolute Gasteiger partial charge is 0.370 e. The lowest BCUT2D eigenvalue weighted by molar-refractivity contribution is 0.102. The smallest absolute Gasteiger partial charge is 0.274 e. The fourth-order valence-electron chi connectivity index (χ4n) is 1.82. The van der Waals surface area contributed by atoms with Crippen LogP contribution < -0.4 is 10.6 Å². The van der Waals surface area contributed by atoms with Gasteiger partial charge in [-0.1, -0.05) is 19.1 Å². The summed E-state index contributed by atoms with van der Waals surface area (Å²) in [6.07, 6.45) is 1.01. The van der Waals surface area contributed by atoms with E-state index < -0.39 is 0 Å². The van der Waals surface area contributed by atoms with Crippen molar-refractivity contribution in [2.45, 2.75) is 20.3 Å². The van der Waals surface area contributed by atoms with Crippen LogP contribution in [0, 0.1) is 6.92 Å². The Kier molecular flexibility index (Phi) is 5.33. The summed E-state index contributed by atoms with van der Waals surface area (Å²) in [5.74, 6) is 0.493. The first-order valence-electron chi connectivity index (χ1n) is 6.88. The second kappa shape index (κ2) is 7.22. The average Bonchev–Trinajstić information content (AvgIpc) is 2.48. The maximum atomic E-state index is 12.3. The van der Waals surface area contributed by atoms with E-state index in [2.05, 4.69) is 38.5 Å². The van der Waals surface area contributed by atoms with Crippen molar-refractivity contribution >= 4 is 33.3 Å². The normalized spacial score (nSPS) is 10.2. The van der Waals surface area contributed by atoms with Crippen molar-refractivity contribution in [1.82, 2.24) is 4.98 Å². The van der Waals surface area contributed by atoms with Gasteiger partial charge in [-0.05, 0) is 59.1 Å². The van der Waals surface area contributed by atoms with Gasteiger partial charge in [-0.25, -0.2) is 4.98 Å². The number of hydrogen-bond acceptors (Lipinski definition) is 3. The highest BCUT2D eigenvalue weighted by molar-refractivity contribution is 9.10. The maximum Gasteiger partial charge on any atom is 0.274 e. The molecular weight excluding hydrogens is 330 g/mol. The molecule has 0 aliphatic rings. The summed E-state index contributed by atoms with van der Waals surface area (Å²) in [4.78, 5) is 16.6. The van der Waals surface area contributed by atoms with Crippen molar-refractivity contribution in [3.8, 4) is 0 Å². The van der Waals surface area contributed by atoms with E-state index >= 15 is 0 Å². The molecule has 2 rings (SSSR count). The Morgan fingerprint density at radius 3 is 2.81 bits per heavy atom. The molecule has 0 aliphatic heterocycles. The van der Waals surface area contributed by atoms with Crippen LogP contribution in [0.4, 0.5) is 11.5 Å². The van der Waals surface area contributed by atoms with Crippen molar-refractivity contribution in [3.63, 3.8) is 0 Å². The third-order valence-corrected chi connectivity index (χ3v) is 3.57. The van der Waals surface area contributed by atoms with Crippen LogP contribution in [0.25, 0.3) is 0 Å². The van der Waals surface area contributed by atoms with Gasteiger partial charge in [-0.2, -0.15) is 0 Å². The predicted molar refractivity (Wildman–Crippen MR) is 89.8 cm³/mol. The molecule has 0 unspecified atom stereocenters. The molecule has 0 bridgehead atoms. The Morgan fingerprint density at radius 2 is 2.10 bits per heavy atom. The minimum absolute atomic E-state index is 0.222. The fourth-order valence-corrected chi connectivity index (χ4v) is 2.41. The topological polar surface area (TPSA) is 54.0 Å². The molecule has 0 saturated carbocycles. The van der Waals surface area contributed by atoms with Crippen LogP contribution in [0.2, 0.25) is 0 Å². The van der Waals surface area contributed by atoms with E-state index in [1.807, 2.05) is 37.3 Å². The van der Waals surface area contributed by atoms with Gasteiger partial charge in [0.2, 0.25) is 0 Å². The van der Waals surface area contributed by atoms with E-state index in [0.717, 1.165) is 28.7 Å². The summed E-state index contributed by atoms with van der Waals surface area (Å²) >= 11 is 3.45. The van der Waals surface area contributed by atoms with Crippen molar-refractivity contribution in [2.24, 2.45) is 0 Å². The van der Waals surface area contributed by atoms with Crippen LogP contribution in [0.5, 0.6) is 0 Å². The van der Waals surface area contributed by atoms with Gasteiger partial charge < -0.3 is 10.6 Å². The fraction of sp³-hybridized carbons (Fsp3) is 0.250. The Hall–Kier alpha value is -1.88. The van der Waals surface area contributed by atoms with Crippen molar-refractivity contribution in [1.29, 1.82) is 0 Å². The van der Waals surface area contributed by atoms with E-state index in [4.69, 9.17) is 0 Å². The number of aryl methyl sites for hydroxylation is 1. The molecule has 4 nitrogen and oxygen atoms in total. The third kappa shape index (κ3) is 4.29. The van der Waals surface area contributed by atoms with Crippen molar-refractivity contribution < 1.29 is 4.79 Å². The number of benzene rings is 1. The monoisotopic (exact) mass is 347 g/mol. The summed E-state index contributed by atoms with van der Waals surface area (Å²) in [6, 6.07) is 11.2. The quantitative estimate of drug-likeness (QED) is 0.850. The Labute approximate surface area is 133 Å². The first-order chi connectivity index (χ1) is 10.1. The van der Waals surface area contributed by atoms with Crippen LogP contribution in [-0.4, -0.2) is 17.4 Å². The molecule has 0 fully saturated rings. The summed E-state index contributed by atoms with van der Waals surface area (Å²) in [6.45, 7) is 4.92. The third-order valence-electron chi connectivity index (χ3n) is 2.91. The number of carbonyl (C=O) groups excluding carboxylic acids is 1. The van der Waals surface area contributed by atoms with E-state index in [9.17, 15) is 4.79 Å². The highest BCUT2D eigenvalue weighted by atomic mass is 79.9. The maximum absolute atomic E-state index is 12.3. The van der Waals surface area contributed by atoms with Gasteiger partial charge in [0, 0.05) is 11.0 Å². The molecule has 110 valence electrons. The SMILES string of the molecule is CCCNc1cccc(C(=O)Nc2ccc(C)cc2Br)n1. The Balaban J connectivity index is 2.12. The number of halogens is 1. The molecule has 0 atom stereocenters. The molecule has 21 heavy (non-hydrogen) atoms. The number of hydrogen-bond donors (Lipinski definition) is 2. The van der Waals surface area contributed by atoms with E-state index in [-0.39, 0.29) is 5.91 Å². The molecule has 2 N–H and O–H groups in total. The molecule has 2 aromatic rings. The Morgan fingerprint density at radius 1 is 1.29 bits per heavy atom. The standard InChI is InChI=1S/C16H18BrN3O/c1-3-9-18-15-6-4-5-14(19-15)16(21)20-13-8-7-11(2)10-12(13)17/h4-8,10H,3,9H2,1-2H3,(H,18,19)(H,20,21). The van der Waals surface area contributed by atoms with Gasteiger partial charge in [-0.15, -0.1) is 0 Å². The first-order valence-corrected chi connectivity index (χ1v) is 7.68. The molecule has 1 amide bonds. The van der Waals surface area contributed by atoms with Gasteiger partial charge in [0.25, 0.3) is 5.91 Å². The van der Waals surface area contributed by atoms with Crippen LogP contribution in [0.1, 0.15) is 29.4 Å². The summed E-state index contributed by atoms with van der Waals surface area (Å²) in [7, 11) is 0. The highest BCUT2D eigenvalue weighted by Gasteiger charge is 2.10. The summed E-state index contributed by atoms with van der Waals surface area (Å²) < 4.78 is 0.858. The first kappa shape index (κ1) is 15.5. The lowest BCUT2D eigenvalue weighted by Crippen LogP contribution is -2.15. The van der Waals surface area contributed by atoms with E-state index in [1.54, 1.807) is 6.07 Å². The van der Waals surface area contributed by atoms with Gasteiger partial charge in [0.15, 0.2) is 0 Å². The van der Waals surface area contributed by atoms with E-state index in [0.29, 0.717) is 11.5 Å². The zero-order valence-electron chi connectivity index (χ0n) is 12.1. The summed E-state index contributed by atoms with van der Waals surface area (Å²) in [5.41, 5.74) is 2.26. The lowest BCUT2D eigenvalue weighted by Gasteiger charge is -2.09. The molecule has 0 saturated heterocycles. The van der Waals surface area contributed by atoms with Crippen molar-refractivity contribution in [2.75, 3.05) is 17.2 Å². The molecule has 1 aromatic carbocycles. The van der Waals surface area contributed by atoms with Gasteiger partial charge in [-0.3, -0.25) is 4.79 Å². The molecule has 0 aliphatic carbocycles. The Bertz CT molecular complexity index is 643. The highest BCUT2D eigenvalue weighted by Crippen LogP contribution is 2.23. The number of amides is 1. The van der Waals surface area contributed by atoms with Gasteiger partial charge in [0.05, 0.1) is 5.69 Å². The van der Waals surface area contributed by atoms with Gasteiger partial charge in [0.1, 0.15) is 11.5 Å².